The summed E-state index contributed by atoms with van der Waals surface area (Å²) in [6.07, 6.45) is 0.246. The lowest BCUT2D eigenvalue weighted by Gasteiger charge is -2.50. The lowest BCUT2D eigenvalue weighted by atomic mass is 9.91. The van der Waals surface area contributed by atoms with Crippen LogP contribution in [0.25, 0.3) is 43.6 Å². The molecule has 0 unspecified atom stereocenters. The standard InChI is InChI=1S/C35H32N4O3/c1-35-33(41-3)26(37(2)19-20-11-5-4-6-12-20)17-27(42-35)38-24-15-9-7-13-21(24)29-30-23(18-36-34(30)40)28-22-14-8-10-16-25(22)39(35)32(28)31(29)38/h4-16,26-27,33H,17-19H2,1-3H3,(H,36,40)/t26-,27-,33-,35+/m0/s1. The number of methoxy groups -OCH3 is 1. The van der Waals surface area contributed by atoms with Gasteiger partial charge in [-0.1, -0.05) is 66.7 Å². The fraction of sp³-hybridized carbons (Fsp3) is 0.286. The van der Waals surface area contributed by atoms with Gasteiger partial charge in [-0.15, -0.1) is 0 Å². The quantitative estimate of drug-likeness (QED) is 0.278. The molecule has 4 atom stereocenters. The van der Waals surface area contributed by atoms with Crippen LogP contribution in [0.4, 0.5) is 0 Å². The fourth-order valence-electron chi connectivity index (χ4n) is 8.43. The number of nitrogens with one attached hydrogen (secondary N) is 1. The second-order valence-electron chi connectivity index (χ2n) is 12.2. The van der Waals surface area contributed by atoms with Crippen molar-refractivity contribution in [2.45, 2.75) is 50.5 Å². The number of carbonyl (C=O) groups excluding carboxylic acids is 1. The molecule has 42 heavy (non-hydrogen) atoms. The minimum atomic E-state index is -0.814. The Morgan fingerprint density at radius 1 is 0.952 bits per heavy atom. The van der Waals surface area contributed by atoms with Gasteiger partial charge in [0.2, 0.25) is 0 Å². The van der Waals surface area contributed by atoms with E-state index in [9.17, 15) is 4.79 Å². The summed E-state index contributed by atoms with van der Waals surface area (Å²) in [5.74, 6) is 0.00113. The second kappa shape index (κ2) is 8.44. The van der Waals surface area contributed by atoms with Crippen LogP contribution in [0.15, 0.2) is 78.9 Å². The zero-order valence-corrected chi connectivity index (χ0v) is 23.9. The van der Waals surface area contributed by atoms with E-state index in [2.05, 4.69) is 112 Å². The molecular weight excluding hydrogens is 524 g/mol. The molecule has 5 heterocycles. The number of amides is 1. The van der Waals surface area contributed by atoms with Gasteiger partial charge >= 0.3 is 0 Å². The number of nitrogens with zero attached hydrogens (tertiary/aromatic N) is 3. The molecule has 2 aromatic heterocycles. The summed E-state index contributed by atoms with van der Waals surface area (Å²) in [4.78, 5) is 16.0. The zero-order valence-electron chi connectivity index (χ0n) is 23.9. The number of ether oxygens (including phenoxy) is 2. The first-order valence-corrected chi connectivity index (χ1v) is 14.8. The first-order chi connectivity index (χ1) is 20.5. The third-order valence-electron chi connectivity index (χ3n) is 10.0. The van der Waals surface area contributed by atoms with Crippen molar-refractivity contribution in [1.82, 2.24) is 19.4 Å². The largest absolute Gasteiger partial charge is 0.375 e. The molecule has 9 rings (SSSR count). The minimum Gasteiger partial charge on any atom is -0.375 e. The zero-order chi connectivity index (χ0) is 28.3. The predicted molar refractivity (Wildman–Crippen MR) is 164 cm³/mol. The molecule has 2 bridgehead atoms. The number of rotatable bonds is 4. The van der Waals surface area contributed by atoms with Crippen LogP contribution in [0.2, 0.25) is 0 Å². The first-order valence-electron chi connectivity index (χ1n) is 14.8. The molecule has 1 amide bonds. The third kappa shape index (κ3) is 2.93. The molecule has 3 aliphatic heterocycles. The van der Waals surface area contributed by atoms with E-state index < -0.39 is 5.72 Å². The average molecular weight is 557 g/mol. The number of aromatic nitrogens is 2. The Morgan fingerprint density at radius 3 is 2.40 bits per heavy atom. The van der Waals surface area contributed by atoms with E-state index in [1.807, 2.05) is 7.11 Å². The van der Waals surface area contributed by atoms with Crippen molar-refractivity contribution < 1.29 is 14.3 Å². The summed E-state index contributed by atoms with van der Waals surface area (Å²) >= 11 is 0. The van der Waals surface area contributed by atoms with Crippen molar-refractivity contribution >= 4 is 49.5 Å². The molecule has 3 aliphatic rings. The molecule has 0 spiro atoms. The van der Waals surface area contributed by atoms with Gasteiger partial charge in [0.05, 0.1) is 27.6 Å². The molecule has 0 aliphatic carbocycles. The summed E-state index contributed by atoms with van der Waals surface area (Å²) in [7, 11) is 4.01. The number of benzene rings is 4. The van der Waals surface area contributed by atoms with Crippen molar-refractivity contribution in [1.29, 1.82) is 0 Å². The Hall–Kier alpha value is -4.17. The Balaban J connectivity index is 1.42. The smallest absolute Gasteiger partial charge is 0.252 e. The normalized spacial score (nSPS) is 24.8. The van der Waals surface area contributed by atoms with Crippen LogP contribution in [0.3, 0.4) is 0 Å². The molecule has 6 aromatic rings. The van der Waals surface area contributed by atoms with Gasteiger partial charge in [-0.25, -0.2) is 0 Å². The Labute approximate surface area is 243 Å². The number of carbonyl (C=O) groups is 1. The molecule has 7 nitrogen and oxygen atoms in total. The van der Waals surface area contributed by atoms with Crippen LogP contribution in [0, 0.1) is 0 Å². The van der Waals surface area contributed by atoms with Gasteiger partial charge < -0.3 is 23.9 Å². The van der Waals surface area contributed by atoms with Gasteiger partial charge in [0.1, 0.15) is 12.3 Å². The van der Waals surface area contributed by atoms with Gasteiger partial charge in [-0.3, -0.25) is 9.69 Å². The predicted octanol–water partition coefficient (Wildman–Crippen LogP) is 6.27. The summed E-state index contributed by atoms with van der Waals surface area (Å²) < 4.78 is 18.5. The summed E-state index contributed by atoms with van der Waals surface area (Å²) in [6.45, 7) is 3.52. The second-order valence-corrected chi connectivity index (χ2v) is 12.2. The number of hydrogen-bond acceptors (Lipinski definition) is 4. The molecular formula is C35H32N4O3. The molecule has 210 valence electrons. The molecule has 1 fully saturated rings. The van der Waals surface area contributed by atoms with Crippen LogP contribution in [0.5, 0.6) is 0 Å². The summed E-state index contributed by atoms with van der Waals surface area (Å²) in [5, 5.41) is 7.55. The van der Waals surface area contributed by atoms with Crippen molar-refractivity contribution in [2.75, 3.05) is 14.2 Å². The van der Waals surface area contributed by atoms with E-state index in [0.29, 0.717) is 6.54 Å². The fourth-order valence-corrected chi connectivity index (χ4v) is 8.43. The maximum atomic E-state index is 13.5. The molecule has 7 heteroatoms. The SMILES string of the molecule is CO[C@H]1[C@@H](N(C)Cc2ccccc2)C[C@@H]2O[C@@]1(C)n1c3ccccc3c3c4c(c5c6ccccc6n2c5c31)C(=O)NC4. The average Bonchev–Trinajstić information content (AvgIpc) is 3.65. The Morgan fingerprint density at radius 2 is 1.64 bits per heavy atom. The third-order valence-corrected chi connectivity index (χ3v) is 10.0. The summed E-state index contributed by atoms with van der Waals surface area (Å²) in [6, 6.07) is 27.7. The van der Waals surface area contributed by atoms with Crippen molar-refractivity contribution in [3.63, 3.8) is 0 Å². The van der Waals surface area contributed by atoms with Crippen LogP contribution in [-0.2, 0) is 28.3 Å². The van der Waals surface area contributed by atoms with Crippen LogP contribution in [0.1, 0.15) is 41.1 Å². The molecule has 0 saturated carbocycles. The lowest BCUT2D eigenvalue weighted by molar-refractivity contribution is -0.268. The maximum absolute atomic E-state index is 13.5. The van der Waals surface area contributed by atoms with E-state index >= 15 is 0 Å². The monoisotopic (exact) mass is 556 g/mol. The molecule has 1 N–H and O–H groups in total. The topological polar surface area (TPSA) is 60.7 Å². The van der Waals surface area contributed by atoms with Crippen molar-refractivity contribution in [3.05, 3.63) is 95.6 Å². The molecule has 1 saturated heterocycles. The van der Waals surface area contributed by atoms with Crippen LogP contribution < -0.4 is 5.32 Å². The Bertz CT molecular complexity index is 2090. The molecule has 0 radical (unpaired) electrons. The Kier molecular flexibility index (Phi) is 4.91. The van der Waals surface area contributed by atoms with Gasteiger partial charge in [0.25, 0.3) is 5.91 Å². The van der Waals surface area contributed by atoms with E-state index in [1.54, 1.807) is 0 Å². The van der Waals surface area contributed by atoms with Crippen LogP contribution >= 0.6 is 0 Å². The first kappa shape index (κ1) is 24.4. The van der Waals surface area contributed by atoms with E-state index in [4.69, 9.17) is 9.47 Å². The van der Waals surface area contributed by atoms with E-state index in [1.165, 1.54) is 5.56 Å². The lowest BCUT2D eigenvalue weighted by Crippen LogP contribution is -2.60. The summed E-state index contributed by atoms with van der Waals surface area (Å²) in [5.41, 5.74) is 6.71. The van der Waals surface area contributed by atoms with Gasteiger partial charge in [0.15, 0.2) is 5.72 Å². The van der Waals surface area contributed by atoms with Crippen LogP contribution in [-0.4, -0.2) is 46.2 Å². The highest BCUT2D eigenvalue weighted by Gasteiger charge is 2.54. The van der Waals surface area contributed by atoms with Crippen molar-refractivity contribution in [3.8, 4) is 0 Å². The van der Waals surface area contributed by atoms with Crippen molar-refractivity contribution in [2.24, 2.45) is 0 Å². The van der Waals surface area contributed by atoms with Gasteiger partial charge in [-0.05, 0) is 37.2 Å². The maximum Gasteiger partial charge on any atom is 0.252 e. The number of hydrogen-bond donors (Lipinski definition) is 1. The highest BCUT2D eigenvalue weighted by atomic mass is 16.6. The molecule has 4 aromatic carbocycles. The van der Waals surface area contributed by atoms with Gasteiger partial charge in [0, 0.05) is 54.2 Å². The highest BCUT2D eigenvalue weighted by molar-refractivity contribution is 6.31. The van der Waals surface area contributed by atoms with E-state index in [-0.39, 0.29) is 24.3 Å². The number of likely N-dealkylation sites (N-methyl/N-ethyl adjacent to an activating group) is 1. The van der Waals surface area contributed by atoms with Gasteiger partial charge in [-0.2, -0.15) is 0 Å². The number of para-hydroxylation sites is 2. The highest BCUT2D eigenvalue weighted by Crippen LogP contribution is 2.54. The van der Waals surface area contributed by atoms with E-state index in [0.717, 1.165) is 67.7 Å². The number of fused-ring (bicyclic) bond motifs is 13. The minimum absolute atomic E-state index is 0.00113.